The monoisotopic (exact) mass is 281 g/mol. The third-order valence-corrected chi connectivity index (χ3v) is 3.39. The molecule has 1 N–H and O–H groups in total. The van der Waals surface area contributed by atoms with Crippen LogP contribution < -0.4 is 5.32 Å². The molecule has 0 unspecified atom stereocenters. The van der Waals surface area contributed by atoms with E-state index in [0.29, 0.717) is 12.2 Å². The van der Waals surface area contributed by atoms with Crippen LogP contribution in [0, 0.1) is 0 Å². The van der Waals surface area contributed by atoms with Gasteiger partial charge in [0.1, 0.15) is 5.70 Å². The van der Waals surface area contributed by atoms with Crippen molar-refractivity contribution in [3.05, 3.63) is 60.1 Å². The topological polar surface area (TPSA) is 54.3 Å². The number of rotatable bonds is 3. The first-order chi connectivity index (χ1) is 10.2. The first-order valence-electron chi connectivity index (χ1n) is 6.78. The van der Waals surface area contributed by atoms with E-state index in [-0.39, 0.29) is 11.9 Å². The van der Waals surface area contributed by atoms with Gasteiger partial charge >= 0.3 is 6.03 Å². The largest absolute Gasteiger partial charge is 0.328 e. The number of urea groups is 1. The molecule has 1 fully saturated rings. The fourth-order valence-electron chi connectivity index (χ4n) is 2.34. The van der Waals surface area contributed by atoms with Crippen molar-refractivity contribution in [2.75, 3.05) is 6.54 Å². The predicted molar refractivity (Wildman–Crippen MR) is 79.7 cm³/mol. The molecule has 2 aromatic rings. The number of aromatic nitrogens is 1. The van der Waals surface area contributed by atoms with Crippen LogP contribution in [-0.2, 0) is 4.79 Å². The van der Waals surface area contributed by atoms with Gasteiger partial charge in [0.15, 0.2) is 0 Å². The fraction of sp³-hybridized carbons (Fsp3) is 0.125. The maximum absolute atomic E-state index is 12.1. The summed E-state index contributed by atoms with van der Waals surface area (Å²) in [4.78, 5) is 24.9. The second-order valence-corrected chi connectivity index (χ2v) is 4.68. The molecule has 0 spiro atoms. The maximum Gasteiger partial charge on any atom is 0.328 e. The SMILES string of the molecule is CCN1C(=O)N/C(=C/c2cccn2-c2ccccc2)C1=O. The summed E-state index contributed by atoms with van der Waals surface area (Å²) in [5.74, 6) is -0.289. The van der Waals surface area contributed by atoms with Crippen molar-refractivity contribution in [2.24, 2.45) is 0 Å². The van der Waals surface area contributed by atoms with E-state index in [1.165, 1.54) is 4.90 Å². The number of hydrogen-bond donors (Lipinski definition) is 1. The number of likely N-dealkylation sites (N-methyl/N-ethyl adjacent to an activating group) is 1. The quantitative estimate of drug-likeness (QED) is 0.693. The van der Waals surface area contributed by atoms with Crippen LogP contribution in [0.25, 0.3) is 11.8 Å². The summed E-state index contributed by atoms with van der Waals surface area (Å²) >= 11 is 0. The highest BCUT2D eigenvalue weighted by molar-refractivity contribution is 6.13. The number of imide groups is 1. The van der Waals surface area contributed by atoms with Crippen molar-refractivity contribution < 1.29 is 9.59 Å². The zero-order valence-corrected chi connectivity index (χ0v) is 11.6. The summed E-state index contributed by atoms with van der Waals surface area (Å²) < 4.78 is 1.96. The molecule has 21 heavy (non-hydrogen) atoms. The Kier molecular flexibility index (Phi) is 3.31. The molecule has 0 saturated carbocycles. The smallest absolute Gasteiger partial charge is 0.317 e. The van der Waals surface area contributed by atoms with Crippen LogP contribution in [0.1, 0.15) is 12.6 Å². The van der Waals surface area contributed by atoms with Gasteiger partial charge in [-0.1, -0.05) is 18.2 Å². The molecular weight excluding hydrogens is 266 g/mol. The molecule has 0 atom stereocenters. The molecule has 0 aliphatic carbocycles. The van der Waals surface area contributed by atoms with Crippen molar-refractivity contribution >= 4 is 18.0 Å². The average molecular weight is 281 g/mol. The lowest BCUT2D eigenvalue weighted by atomic mass is 10.3. The van der Waals surface area contributed by atoms with Gasteiger partial charge in [0.25, 0.3) is 5.91 Å². The number of carbonyl (C=O) groups excluding carboxylic acids is 2. The minimum absolute atomic E-state index is 0.289. The highest BCUT2D eigenvalue weighted by atomic mass is 16.2. The Morgan fingerprint density at radius 3 is 2.52 bits per heavy atom. The molecule has 0 radical (unpaired) electrons. The first-order valence-corrected chi connectivity index (χ1v) is 6.78. The van der Waals surface area contributed by atoms with Gasteiger partial charge in [-0.3, -0.25) is 9.69 Å². The molecule has 3 amide bonds. The number of para-hydroxylation sites is 1. The normalized spacial score (nSPS) is 16.6. The van der Waals surface area contributed by atoms with Crippen LogP contribution in [0.15, 0.2) is 54.4 Å². The summed E-state index contributed by atoms with van der Waals surface area (Å²) in [6.45, 7) is 2.13. The molecule has 1 aliphatic rings. The summed E-state index contributed by atoms with van der Waals surface area (Å²) in [5.41, 5.74) is 2.14. The average Bonchev–Trinajstić information content (AvgIpc) is 3.06. The summed E-state index contributed by atoms with van der Waals surface area (Å²) in [6, 6.07) is 13.2. The highest BCUT2D eigenvalue weighted by Gasteiger charge is 2.32. The zero-order valence-electron chi connectivity index (χ0n) is 11.6. The number of nitrogens with zero attached hydrogens (tertiary/aromatic N) is 2. The number of carbonyl (C=O) groups is 2. The van der Waals surface area contributed by atoms with Crippen LogP contribution in [-0.4, -0.2) is 28.0 Å². The second kappa shape index (κ2) is 5.28. The Balaban J connectivity index is 1.97. The van der Waals surface area contributed by atoms with Gasteiger partial charge in [0.2, 0.25) is 0 Å². The van der Waals surface area contributed by atoms with Crippen molar-refractivity contribution in [3.8, 4) is 5.69 Å². The van der Waals surface area contributed by atoms with Crippen molar-refractivity contribution in [1.29, 1.82) is 0 Å². The Labute approximate surface area is 122 Å². The van der Waals surface area contributed by atoms with Crippen LogP contribution in [0.4, 0.5) is 4.79 Å². The lowest BCUT2D eigenvalue weighted by molar-refractivity contribution is -0.122. The van der Waals surface area contributed by atoms with Crippen LogP contribution in [0.3, 0.4) is 0 Å². The van der Waals surface area contributed by atoms with Crippen LogP contribution in [0.5, 0.6) is 0 Å². The van der Waals surface area contributed by atoms with Crippen molar-refractivity contribution in [2.45, 2.75) is 6.92 Å². The van der Waals surface area contributed by atoms with Crippen molar-refractivity contribution in [3.63, 3.8) is 0 Å². The van der Waals surface area contributed by atoms with E-state index in [0.717, 1.165) is 11.4 Å². The van der Waals surface area contributed by atoms with Gasteiger partial charge in [-0.25, -0.2) is 4.79 Å². The molecular formula is C16H15N3O2. The van der Waals surface area contributed by atoms with E-state index >= 15 is 0 Å². The fourth-order valence-corrected chi connectivity index (χ4v) is 2.34. The molecule has 0 bridgehead atoms. The molecule has 1 aromatic heterocycles. The van der Waals surface area contributed by atoms with E-state index in [9.17, 15) is 9.59 Å². The summed E-state index contributed by atoms with van der Waals surface area (Å²) in [7, 11) is 0. The Hall–Kier alpha value is -2.82. The number of hydrogen-bond acceptors (Lipinski definition) is 2. The van der Waals surface area contributed by atoms with Gasteiger partial charge < -0.3 is 9.88 Å². The summed E-state index contributed by atoms with van der Waals surface area (Å²) in [5, 5.41) is 2.61. The van der Waals surface area contributed by atoms with Gasteiger partial charge in [0.05, 0.1) is 0 Å². The Bertz CT molecular complexity index is 716. The molecule has 1 aromatic carbocycles. The lowest BCUT2D eigenvalue weighted by Crippen LogP contribution is -2.30. The first kappa shape index (κ1) is 13.2. The zero-order chi connectivity index (χ0) is 14.8. The van der Waals surface area contributed by atoms with E-state index in [2.05, 4.69) is 5.32 Å². The molecule has 5 nitrogen and oxygen atoms in total. The molecule has 5 heteroatoms. The Morgan fingerprint density at radius 1 is 1.10 bits per heavy atom. The van der Waals surface area contributed by atoms with Crippen LogP contribution >= 0.6 is 0 Å². The van der Waals surface area contributed by atoms with Gasteiger partial charge in [-0.15, -0.1) is 0 Å². The summed E-state index contributed by atoms with van der Waals surface area (Å²) in [6.07, 6.45) is 3.61. The third-order valence-electron chi connectivity index (χ3n) is 3.39. The molecule has 1 saturated heterocycles. The Morgan fingerprint density at radius 2 is 1.86 bits per heavy atom. The molecule has 2 heterocycles. The third kappa shape index (κ3) is 2.33. The number of nitrogens with one attached hydrogen (secondary N) is 1. The van der Waals surface area contributed by atoms with E-state index < -0.39 is 0 Å². The lowest BCUT2D eigenvalue weighted by Gasteiger charge is -2.07. The minimum atomic E-state index is -0.369. The standard InChI is InChI=1S/C16H15N3O2/c1-2-18-15(20)14(17-16(18)21)11-13-9-6-10-19(13)12-7-4-3-5-8-12/h3-11H,2H2,1H3,(H,17,21)/b14-11+. The maximum atomic E-state index is 12.1. The van der Waals surface area contributed by atoms with Crippen LogP contribution in [0.2, 0.25) is 0 Å². The van der Waals surface area contributed by atoms with E-state index in [1.54, 1.807) is 13.0 Å². The minimum Gasteiger partial charge on any atom is -0.317 e. The van der Waals surface area contributed by atoms with Gasteiger partial charge in [0, 0.05) is 24.1 Å². The number of benzene rings is 1. The second-order valence-electron chi connectivity index (χ2n) is 4.68. The molecule has 106 valence electrons. The molecule has 3 rings (SSSR count). The van der Waals surface area contributed by atoms with Gasteiger partial charge in [-0.2, -0.15) is 0 Å². The van der Waals surface area contributed by atoms with E-state index in [1.807, 2.05) is 53.2 Å². The number of amides is 3. The van der Waals surface area contributed by atoms with Gasteiger partial charge in [-0.05, 0) is 37.3 Å². The van der Waals surface area contributed by atoms with E-state index in [4.69, 9.17) is 0 Å². The molecule has 1 aliphatic heterocycles. The predicted octanol–water partition coefficient (Wildman–Crippen LogP) is 2.39. The highest BCUT2D eigenvalue weighted by Crippen LogP contribution is 2.17. The van der Waals surface area contributed by atoms with Crippen molar-refractivity contribution in [1.82, 2.24) is 14.8 Å².